The lowest BCUT2D eigenvalue weighted by atomic mass is 9.71. The molecular formula is C16H22N2O3. The van der Waals surface area contributed by atoms with E-state index in [1.54, 1.807) is 0 Å². The first kappa shape index (κ1) is 13.3. The summed E-state index contributed by atoms with van der Waals surface area (Å²) in [5.41, 5.74) is -0.950. The van der Waals surface area contributed by atoms with E-state index >= 15 is 0 Å². The number of hydrogen-bond donors (Lipinski definition) is 1. The zero-order chi connectivity index (χ0) is 14.6. The zero-order valence-corrected chi connectivity index (χ0v) is 12.3. The summed E-state index contributed by atoms with van der Waals surface area (Å²) in [4.78, 5) is 39.1. The van der Waals surface area contributed by atoms with Crippen molar-refractivity contribution in [2.24, 2.45) is 17.3 Å². The smallest absolute Gasteiger partial charge is 0.277 e. The Labute approximate surface area is 124 Å². The van der Waals surface area contributed by atoms with Crippen LogP contribution in [0.3, 0.4) is 0 Å². The van der Waals surface area contributed by atoms with Crippen molar-refractivity contribution in [3.05, 3.63) is 0 Å². The number of urea groups is 1. The second-order valence-electron chi connectivity index (χ2n) is 7.32. The van der Waals surface area contributed by atoms with Gasteiger partial charge >= 0.3 is 6.03 Å². The monoisotopic (exact) mass is 290 g/mol. The third-order valence-electron chi connectivity index (χ3n) is 6.24. The Bertz CT molecular complexity index is 510. The molecule has 0 aromatic carbocycles. The average molecular weight is 290 g/mol. The van der Waals surface area contributed by atoms with Crippen molar-refractivity contribution in [1.82, 2.24) is 10.2 Å². The zero-order valence-electron chi connectivity index (χ0n) is 12.3. The lowest BCUT2D eigenvalue weighted by Gasteiger charge is -2.44. The summed E-state index contributed by atoms with van der Waals surface area (Å²) in [5.74, 6) is 0.573. The molecule has 5 heteroatoms. The number of nitrogens with one attached hydrogen (secondary N) is 1. The first-order chi connectivity index (χ1) is 10.1. The lowest BCUT2D eigenvalue weighted by Crippen LogP contribution is -2.67. The summed E-state index contributed by atoms with van der Waals surface area (Å²) >= 11 is 0. The van der Waals surface area contributed by atoms with E-state index in [1.165, 1.54) is 11.3 Å². The number of barbiturate groups is 1. The van der Waals surface area contributed by atoms with Gasteiger partial charge < -0.3 is 0 Å². The molecule has 4 amide bonds. The first-order valence-corrected chi connectivity index (χ1v) is 8.31. The molecule has 3 saturated carbocycles. The molecule has 1 aliphatic heterocycles. The van der Waals surface area contributed by atoms with Crippen molar-refractivity contribution in [2.45, 2.75) is 63.8 Å². The predicted molar refractivity (Wildman–Crippen MR) is 75.1 cm³/mol. The third kappa shape index (κ3) is 1.79. The Hall–Kier alpha value is -1.39. The average Bonchev–Trinajstić information content (AvgIpc) is 3.09. The van der Waals surface area contributed by atoms with Crippen LogP contribution in [-0.2, 0) is 9.59 Å². The maximum atomic E-state index is 13.0. The van der Waals surface area contributed by atoms with E-state index in [2.05, 4.69) is 5.32 Å². The van der Waals surface area contributed by atoms with Crippen molar-refractivity contribution < 1.29 is 14.4 Å². The van der Waals surface area contributed by atoms with Gasteiger partial charge in [0.05, 0.1) is 0 Å². The predicted octanol–water partition coefficient (Wildman–Crippen LogP) is 2.20. The molecule has 3 unspecified atom stereocenters. The van der Waals surface area contributed by atoms with Gasteiger partial charge in [0.1, 0.15) is 5.41 Å². The van der Waals surface area contributed by atoms with Gasteiger partial charge in [-0.1, -0.05) is 25.7 Å². The Morgan fingerprint density at radius 1 is 1.00 bits per heavy atom. The summed E-state index contributed by atoms with van der Waals surface area (Å²) in [6, 6.07) is -0.443. The van der Waals surface area contributed by atoms with Gasteiger partial charge in [-0.05, 0) is 43.9 Å². The number of amides is 4. The van der Waals surface area contributed by atoms with Gasteiger partial charge in [0, 0.05) is 6.04 Å². The number of hydrogen-bond acceptors (Lipinski definition) is 3. The standard InChI is InChI=1S/C16H22N2O3/c19-13-16(6-2-1-3-7-16)14(20)18(15(21)17-13)12-9-10-4-5-11(12)8-10/h10-12H,1-9H2,(H,17,19,21). The van der Waals surface area contributed by atoms with Gasteiger partial charge in [-0.15, -0.1) is 0 Å². The van der Waals surface area contributed by atoms with Gasteiger partial charge in [-0.2, -0.15) is 0 Å². The number of carbonyl (C=O) groups is 3. The molecule has 4 aliphatic rings. The second kappa shape index (κ2) is 4.55. The van der Waals surface area contributed by atoms with E-state index in [0.717, 1.165) is 38.5 Å². The van der Waals surface area contributed by atoms with Crippen LogP contribution in [0.1, 0.15) is 57.8 Å². The number of carbonyl (C=O) groups excluding carboxylic acids is 3. The van der Waals surface area contributed by atoms with Crippen molar-refractivity contribution in [2.75, 3.05) is 0 Å². The highest BCUT2D eigenvalue weighted by Crippen LogP contribution is 2.49. The van der Waals surface area contributed by atoms with E-state index in [0.29, 0.717) is 24.7 Å². The lowest BCUT2D eigenvalue weighted by molar-refractivity contribution is -0.156. The van der Waals surface area contributed by atoms with Crippen LogP contribution in [0.2, 0.25) is 0 Å². The van der Waals surface area contributed by atoms with E-state index in [9.17, 15) is 14.4 Å². The van der Waals surface area contributed by atoms with Crippen LogP contribution < -0.4 is 5.32 Å². The molecule has 114 valence electrons. The number of nitrogens with zero attached hydrogens (tertiary/aromatic N) is 1. The third-order valence-corrected chi connectivity index (χ3v) is 6.24. The summed E-state index contributed by atoms with van der Waals surface area (Å²) in [7, 11) is 0. The molecule has 4 fully saturated rings. The fraction of sp³-hybridized carbons (Fsp3) is 0.812. The van der Waals surface area contributed by atoms with Crippen LogP contribution in [0.15, 0.2) is 0 Å². The van der Waals surface area contributed by atoms with E-state index < -0.39 is 11.4 Å². The molecule has 1 N–H and O–H groups in total. The molecule has 0 aromatic rings. The van der Waals surface area contributed by atoms with E-state index in [1.807, 2.05) is 0 Å². The molecule has 0 aromatic heterocycles. The molecule has 5 nitrogen and oxygen atoms in total. The normalized spacial score (nSPS) is 38.2. The minimum atomic E-state index is -0.950. The van der Waals surface area contributed by atoms with Crippen molar-refractivity contribution in [3.63, 3.8) is 0 Å². The number of fused-ring (bicyclic) bond motifs is 2. The van der Waals surface area contributed by atoms with Crippen LogP contribution in [0.25, 0.3) is 0 Å². The van der Waals surface area contributed by atoms with Crippen LogP contribution in [0.5, 0.6) is 0 Å². The molecule has 0 radical (unpaired) electrons. The van der Waals surface area contributed by atoms with E-state index in [4.69, 9.17) is 0 Å². The minimum absolute atomic E-state index is 0.0307. The van der Waals surface area contributed by atoms with E-state index in [-0.39, 0.29) is 17.9 Å². The maximum absolute atomic E-state index is 13.0. The van der Waals surface area contributed by atoms with Gasteiger partial charge in [0.15, 0.2) is 0 Å². The topological polar surface area (TPSA) is 66.5 Å². The Kier molecular flexibility index (Phi) is 2.88. The molecule has 2 bridgehead atoms. The van der Waals surface area contributed by atoms with Crippen LogP contribution >= 0.6 is 0 Å². The van der Waals surface area contributed by atoms with Crippen molar-refractivity contribution in [3.8, 4) is 0 Å². The van der Waals surface area contributed by atoms with Gasteiger partial charge in [-0.3, -0.25) is 19.8 Å². The number of imide groups is 2. The minimum Gasteiger partial charge on any atom is -0.277 e. The first-order valence-electron chi connectivity index (χ1n) is 8.31. The van der Waals surface area contributed by atoms with Crippen molar-refractivity contribution >= 4 is 17.8 Å². The fourth-order valence-electron chi connectivity index (χ4n) is 5.12. The highest BCUT2D eigenvalue weighted by atomic mass is 16.2. The quantitative estimate of drug-likeness (QED) is 0.753. The molecule has 4 rings (SSSR count). The Morgan fingerprint density at radius 3 is 2.38 bits per heavy atom. The molecule has 3 aliphatic carbocycles. The molecule has 1 spiro atoms. The second-order valence-corrected chi connectivity index (χ2v) is 7.32. The number of rotatable bonds is 1. The highest BCUT2D eigenvalue weighted by Gasteiger charge is 2.57. The molecule has 21 heavy (non-hydrogen) atoms. The summed E-state index contributed by atoms with van der Waals surface area (Å²) in [6.45, 7) is 0. The van der Waals surface area contributed by atoms with Crippen LogP contribution in [0.4, 0.5) is 4.79 Å². The molecular weight excluding hydrogens is 268 g/mol. The van der Waals surface area contributed by atoms with Crippen molar-refractivity contribution in [1.29, 1.82) is 0 Å². The van der Waals surface area contributed by atoms with Gasteiger partial charge in [-0.25, -0.2) is 4.79 Å². The highest BCUT2D eigenvalue weighted by molar-refractivity contribution is 6.19. The summed E-state index contributed by atoms with van der Waals surface area (Å²) < 4.78 is 0. The maximum Gasteiger partial charge on any atom is 0.331 e. The molecule has 1 heterocycles. The Morgan fingerprint density at radius 2 is 1.76 bits per heavy atom. The van der Waals surface area contributed by atoms with Crippen LogP contribution in [0, 0.1) is 17.3 Å². The molecule has 3 atom stereocenters. The van der Waals surface area contributed by atoms with Gasteiger partial charge in [0.25, 0.3) is 0 Å². The van der Waals surface area contributed by atoms with Crippen LogP contribution in [-0.4, -0.2) is 28.8 Å². The summed E-state index contributed by atoms with van der Waals surface area (Å²) in [5, 5.41) is 2.48. The van der Waals surface area contributed by atoms with Gasteiger partial charge in [0.2, 0.25) is 11.8 Å². The summed E-state index contributed by atoms with van der Waals surface area (Å²) in [6.07, 6.45) is 8.50. The largest absolute Gasteiger partial charge is 0.331 e. The fourth-order valence-corrected chi connectivity index (χ4v) is 5.12. The Balaban J connectivity index is 1.65. The molecule has 1 saturated heterocycles. The SMILES string of the molecule is O=C1NC(=O)C2(CCCCC2)C(=O)N1C1CC2CCC1C2.